The number of halogens is 4. The summed E-state index contributed by atoms with van der Waals surface area (Å²) in [6, 6.07) is 4.89. The average Bonchev–Trinajstić information content (AvgIpc) is 2.68. The van der Waals surface area contributed by atoms with E-state index in [0.29, 0.717) is 0 Å². The number of nitriles is 1. The molecular weight excluding hydrogens is 281 g/mol. The Morgan fingerprint density at radius 2 is 2.05 bits per heavy atom. The largest absolute Gasteiger partial charge is 0.416 e. The highest BCUT2D eigenvalue weighted by molar-refractivity contribution is 6.31. The normalized spacial score (nSPS) is 19.6. The second kappa shape index (κ2) is 4.74. The van der Waals surface area contributed by atoms with Gasteiger partial charge >= 0.3 is 6.18 Å². The molecule has 0 radical (unpaired) electrons. The zero-order valence-electron chi connectivity index (χ0n) is 9.54. The lowest BCUT2D eigenvalue weighted by molar-refractivity contribution is -0.137. The third kappa shape index (κ3) is 2.82. The molecule has 1 saturated heterocycles. The van der Waals surface area contributed by atoms with Crippen molar-refractivity contribution in [1.29, 1.82) is 5.26 Å². The van der Waals surface area contributed by atoms with Crippen LogP contribution in [0.3, 0.4) is 0 Å². The number of benzene rings is 1. The molecular formula is C12H8ClF3N2O. The zero-order valence-corrected chi connectivity index (χ0v) is 10.3. The highest BCUT2D eigenvalue weighted by atomic mass is 35.5. The van der Waals surface area contributed by atoms with Crippen molar-refractivity contribution in [1.82, 2.24) is 0 Å². The summed E-state index contributed by atoms with van der Waals surface area (Å²) in [4.78, 5) is 12.8. The van der Waals surface area contributed by atoms with E-state index >= 15 is 0 Å². The summed E-state index contributed by atoms with van der Waals surface area (Å²) in [6.07, 6.45) is -4.51. The highest BCUT2D eigenvalue weighted by Gasteiger charge is 2.34. The van der Waals surface area contributed by atoms with E-state index in [-0.39, 0.29) is 29.6 Å². The van der Waals surface area contributed by atoms with Crippen LogP contribution in [0.2, 0.25) is 5.02 Å². The number of anilines is 1. The number of nitrogens with zero attached hydrogens (tertiary/aromatic N) is 2. The molecule has 1 fully saturated rings. The van der Waals surface area contributed by atoms with E-state index in [9.17, 15) is 18.0 Å². The highest BCUT2D eigenvalue weighted by Crippen LogP contribution is 2.35. The van der Waals surface area contributed by atoms with Crippen molar-refractivity contribution in [2.75, 3.05) is 11.4 Å². The molecule has 0 aliphatic carbocycles. The van der Waals surface area contributed by atoms with Crippen molar-refractivity contribution in [2.24, 2.45) is 5.92 Å². The molecule has 0 saturated carbocycles. The van der Waals surface area contributed by atoms with Crippen LogP contribution in [0.1, 0.15) is 12.0 Å². The summed E-state index contributed by atoms with van der Waals surface area (Å²) in [7, 11) is 0. The van der Waals surface area contributed by atoms with Gasteiger partial charge in [0.15, 0.2) is 0 Å². The smallest absolute Gasteiger partial charge is 0.311 e. The lowest BCUT2D eigenvalue weighted by atomic mass is 10.1. The van der Waals surface area contributed by atoms with Gasteiger partial charge < -0.3 is 4.90 Å². The molecule has 0 aromatic heterocycles. The van der Waals surface area contributed by atoms with Gasteiger partial charge in [0.2, 0.25) is 5.91 Å². The third-order valence-corrected chi connectivity index (χ3v) is 3.05. The first-order chi connectivity index (χ1) is 8.81. The van der Waals surface area contributed by atoms with Gasteiger partial charge in [-0.25, -0.2) is 0 Å². The first-order valence-electron chi connectivity index (χ1n) is 5.39. The van der Waals surface area contributed by atoms with Crippen LogP contribution in [0.25, 0.3) is 0 Å². The Kier molecular flexibility index (Phi) is 3.42. The zero-order chi connectivity index (χ0) is 14.2. The molecule has 19 heavy (non-hydrogen) atoms. The van der Waals surface area contributed by atoms with Crippen molar-refractivity contribution >= 4 is 23.2 Å². The topological polar surface area (TPSA) is 44.1 Å². The van der Waals surface area contributed by atoms with E-state index in [2.05, 4.69) is 0 Å². The van der Waals surface area contributed by atoms with Gasteiger partial charge in [0, 0.05) is 23.7 Å². The molecule has 1 unspecified atom stereocenters. The Hall–Kier alpha value is -1.74. The summed E-state index contributed by atoms with van der Waals surface area (Å²) in [5.41, 5.74) is -0.842. The Balaban J connectivity index is 2.39. The van der Waals surface area contributed by atoms with Gasteiger partial charge in [-0.3, -0.25) is 4.79 Å². The van der Waals surface area contributed by atoms with Crippen LogP contribution in [0.5, 0.6) is 0 Å². The summed E-state index contributed by atoms with van der Waals surface area (Å²) in [5, 5.41) is 8.65. The van der Waals surface area contributed by atoms with Crippen LogP contribution >= 0.6 is 11.6 Å². The van der Waals surface area contributed by atoms with Gasteiger partial charge in [0.25, 0.3) is 0 Å². The van der Waals surface area contributed by atoms with Crippen molar-refractivity contribution in [3.63, 3.8) is 0 Å². The quantitative estimate of drug-likeness (QED) is 0.796. The van der Waals surface area contributed by atoms with E-state index in [1.165, 1.54) is 6.07 Å². The Bertz CT molecular complexity index is 565. The average molecular weight is 289 g/mol. The van der Waals surface area contributed by atoms with Gasteiger partial charge in [0.1, 0.15) is 0 Å². The third-order valence-electron chi connectivity index (χ3n) is 2.83. The Morgan fingerprint density at radius 1 is 1.37 bits per heavy atom. The fourth-order valence-electron chi connectivity index (χ4n) is 1.94. The van der Waals surface area contributed by atoms with Gasteiger partial charge in [-0.1, -0.05) is 11.6 Å². The predicted molar refractivity (Wildman–Crippen MR) is 62.5 cm³/mol. The monoisotopic (exact) mass is 288 g/mol. The molecule has 0 bridgehead atoms. The van der Waals surface area contributed by atoms with E-state index < -0.39 is 17.7 Å². The lowest BCUT2D eigenvalue weighted by Crippen LogP contribution is -2.24. The Morgan fingerprint density at radius 3 is 2.58 bits per heavy atom. The lowest BCUT2D eigenvalue weighted by Gasteiger charge is -2.18. The number of carbonyl (C=O) groups is 1. The molecule has 7 heteroatoms. The van der Waals surface area contributed by atoms with Gasteiger partial charge in [-0.15, -0.1) is 0 Å². The van der Waals surface area contributed by atoms with Gasteiger partial charge in [-0.2, -0.15) is 18.4 Å². The number of hydrogen-bond donors (Lipinski definition) is 0. The maximum Gasteiger partial charge on any atom is 0.416 e. The number of hydrogen-bond acceptors (Lipinski definition) is 2. The fourth-order valence-corrected chi connectivity index (χ4v) is 2.17. The molecule has 1 heterocycles. The summed E-state index contributed by atoms with van der Waals surface area (Å²) < 4.78 is 38.0. The SMILES string of the molecule is N#CC1CC(=O)N(c2cc(Cl)cc(C(F)(F)F)c2)C1. The van der Waals surface area contributed by atoms with E-state index in [1.54, 1.807) is 0 Å². The first-order valence-corrected chi connectivity index (χ1v) is 5.77. The standard InChI is InChI=1S/C12H8ClF3N2O/c13-9-2-8(12(14,15)16)3-10(4-9)18-6-7(5-17)1-11(18)19/h2-4,7H,1,6H2. The maximum absolute atomic E-state index is 12.7. The second-order valence-electron chi connectivity index (χ2n) is 4.23. The molecule has 0 spiro atoms. The van der Waals surface area contributed by atoms with Crippen molar-refractivity contribution < 1.29 is 18.0 Å². The molecule has 0 N–H and O–H groups in total. The molecule has 100 valence electrons. The number of amides is 1. The van der Waals surface area contributed by atoms with Crippen LogP contribution in [0, 0.1) is 17.2 Å². The minimum absolute atomic E-state index is 0.0182. The van der Waals surface area contributed by atoms with Crippen LogP contribution in [-0.4, -0.2) is 12.5 Å². The Labute approximate surface area is 112 Å². The van der Waals surface area contributed by atoms with E-state index in [4.69, 9.17) is 16.9 Å². The fraction of sp³-hybridized carbons (Fsp3) is 0.333. The van der Waals surface area contributed by atoms with Crippen LogP contribution in [-0.2, 0) is 11.0 Å². The molecule has 1 amide bonds. The van der Waals surface area contributed by atoms with Crippen molar-refractivity contribution in [2.45, 2.75) is 12.6 Å². The molecule has 1 aromatic carbocycles. The predicted octanol–water partition coefficient (Wildman–Crippen LogP) is 3.24. The summed E-state index contributed by atoms with van der Waals surface area (Å²) in [6.45, 7) is 0.0903. The number of carbonyl (C=O) groups excluding carboxylic acids is 1. The number of rotatable bonds is 1. The van der Waals surface area contributed by atoms with Crippen LogP contribution < -0.4 is 4.90 Å². The first kappa shape index (κ1) is 13.7. The van der Waals surface area contributed by atoms with Crippen LogP contribution in [0.15, 0.2) is 18.2 Å². The van der Waals surface area contributed by atoms with Gasteiger partial charge in [-0.05, 0) is 18.2 Å². The molecule has 1 aliphatic rings. The van der Waals surface area contributed by atoms with Crippen LogP contribution in [0.4, 0.5) is 18.9 Å². The minimum atomic E-state index is -4.53. The molecule has 1 aromatic rings. The molecule has 3 nitrogen and oxygen atoms in total. The molecule has 1 aliphatic heterocycles. The second-order valence-corrected chi connectivity index (χ2v) is 4.67. The molecule has 1 atom stereocenters. The molecule has 2 rings (SSSR count). The van der Waals surface area contributed by atoms with E-state index in [0.717, 1.165) is 17.0 Å². The summed E-state index contributed by atoms with van der Waals surface area (Å²) in [5.74, 6) is -0.872. The van der Waals surface area contributed by atoms with E-state index in [1.807, 2.05) is 6.07 Å². The van der Waals surface area contributed by atoms with Crippen molar-refractivity contribution in [3.8, 4) is 6.07 Å². The maximum atomic E-state index is 12.7. The minimum Gasteiger partial charge on any atom is -0.311 e. The van der Waals surface area contributed by atoms with Gasteiger partial charge in [0.05, 0.1) is 17.6 Å². The van der Waals surface area contributed by atoms with Crippen molar-refractivity contribution in [3.05, 3.63) is 28.8 Å². The summed E-state index contributed by atoms with van der Waals surface area (Å²) >= 11 is 5.65. The number of alkyl halides is 3.